The molecule has 0 spiro atoms. The summed E-state index contributed by atoms with van der Waals surface area (Å²) in [6, 6.07) is 15.8. The number of ether oxygens (including phenoxy) is 1. The lowest BCUT2D eigenvalue weighted by Crippen LogP contribution is -2.11. The molecule has 2 aromatic carbocycles. The molecule has 0 unspecified atom stereocenters. The van der Waals surface area contributed by atoms with E-state index in [9.17, 15) is 9.59 Å². The molecule has 0 heterocycles. The molecule has 2 rings (SSSR count). The molecule has 0 atom stereocenters. The predicted octanol–water partition coefficient (Wildman–Crippen LogP) is 2.66. The number of rotatable bonds is 5. The van der Waals surface area contributed by atoms with E-state index >= 15 is 0 Å². The molecule has 106 valence electrons. The Morgan fingerprint density at radius 3 is 2.19 bits per heavy atom. The molecule has 0 aliphatic carbocycles. The fourth-order valence-electron chi connectivity index (χ4n) is 1.73. The summed E-state index contributed by atoms with van der Waals surface area (Å²) in [6.07, 6.45) is 3.65. The number of carbonyl (C=O) groups excluding carboxylic acids is 2. The average molecular weight is 281 g/mol. The van der Waals surface area contributed by atoms with Crippen molar-refractivity contribution in [3.05, 3.63) is 77.4 Å². The molecule has 4 heteroatoms. The average Bonchev–Trinajstić information content (AvgIpc) is 2.52. The lowest BCUT2D eigenvalue weighted by molar-refractivity contribution is 0.0550. The molecule has 2 N–H and O–H groups in total. The van der Waals surface area contributed by atoms with Gasteiger partial charge in [-0.25, -0.2) is 4.79 Å². The van der Waals surface area contributed by atoms with Gasteiger partial charge >= 0.3 is 5.97 Å². The van der Waals surface area contributed by atoms with Crippen molar-refractivity contribution in [2.45, 2.75) is 0 Å². The molecule has 0 saturated heterocycles. The maximum Gasteiger partial charge on any atom is 0.338 e. The summed E-state index contributed by atoms with van der Waals surface area (Å²) in [4.78, 5) is 22.7. The first-order valence-electron chi connectivity index (χ1n) is 6.45. The third-order valence-corrected chi connectivity index (χ3v) is 2.83. The molecule has 0 aliphatic heterocycles. The van der Waals surface area contributed by atoms with Gasteiger partial charge in [0.05, 0.1) is 5.56 Å². The Bertz CT molecular complexity index is 645. The van der Waals surface area contributed by atoms with E-state index in [4.69, 9.17) is 10.5 Å². The fraction of sp³-hybridized carbons (Fsp3) is 0.0588. The van der Waals surface area contributed by atoms with E-state index < -0.39 is 11.9 Å². The summed E-state index contributed by atoms with van der Waals surface area (Å²) < 4.78 is 5.11. The summed E-state index contributed by atoms with van der Waals surface area (Å²) >= 11 is 0. The molecule has 0 radical (unpaired) electrons. The summed E-state index contributed by atoms with van der Waals surface area (Å²) in [5.74, 6) is -0.968. The Morgan fingerprint density at radius 2 is 1.57 bits per heavy atom. The van der Waals surface area contributed by atoms with Gasteiger partial charge < -0.3 is 10.5 Å². The Hall–Kier alpha value is -2.88. The summed E-state index contributed by atoms with van der Waals surface area (Å²) in [5.41, 5.74) is 6.91. The molecule has 0 aliphatic rings. The van der Waals surface area contributed by atoms with Crippen LogP contribution in [0.1, 0.15) is 26.3 Å². The van der Waals surface area contributed by atoms with Crippen LogP contribution in [-0.4, -0.2) is 18.5 Å². The Morgan fingerprint density at radius 1 is 0.952 bits per heavy atom. The van der Waals surface area contributed by atoms with Crippen molar-refractivity contribution in [2.24, 2.45) is 5.73 Å². The van der Waals surface area contributed by atoms with E-state index in [2.05, 4.69) is 0 Å². The van der Waals surface area contributed by atoms with Crippen LogP contribution in [0.4, 0.5) is 0 Å². The van der Waals surface area contributed by atoms with E-state index in [1.807, 2.05) is 36.4 Å². The van der Waals surface area contributed by atoms with Crippen molar-refractivity contribution in [1.82, 2.24) is 0 Å². The zero-order valence-electron chi connectivity index (χ0n) is 11.4. The van der Waals surface area contributed by atoms with Crippen molar-refractivity contribution in [1.29, 1.82) is 0 Å². The van der Waals surface area contributed by atoms with Gasteiger partial charge in [0.2, 0.25) is 5.91 Å². The maximum absolute atomic E-state index is 11.8. The molecule has 1 amide bonds. The molecule has 0 saturated carbocycles. The number of primary amides is 1. The van der Waals surface area contributed by atoms with Gasteiger partial charge in [0.1, 0.15) is 6.61 Å². The Kier molecular flexibility index (Phi) is 4.88. The van der Waals surface area contributed by atoms with Crippen molar-refractivity contribution in [2.75, 3.05) is 6.61 Å². The highest BCUT2D eigenvalue weighted by Crippen LogP contribution is 2.06. The quantitative estimate of drug-likeness (QED) is 0.856. The smallest absolute Gasteiger partial charge is 0.338 e. The second-order valence-corrected chi connectivity index (χ2v) is 4.35. The first-order valence-corrected chi connectivity index (χ1v) is 6.45. The van der Waals surface area contributed by atoms with Crippen LogP contribution in [0, 0.1) is 0 Å². The molecule has 0 aromatic heterocycles. The van der Waals surface area contributed by atoms with Crippen molar-refractivity contribution in [3.8, 4) is 0 Å². The fourth-order valence-corrected chi connectivity index (χ4v) is 1.73. The molecule has 0 fully saturated rings. The van der Waals surface area contributed by atoms with Crippen LogP contribution in [0.5, 0.6) is 0 Å². The first-order chi connectivity index (χ1) is 10.2. The van der Waals surface area contributed by atoms with Gasteiger partial charge in [-0.15, -0.1) is 0 Å². The first kappa shape index (κ1) is 14.5. The van der Waals surface area contributed by atoms with E-state index in [0.29, 0.717) is 11.1 Å². The molecule has 21 heavy (non-hydrogen) atoms. The molecular formula is C17H15NO3. The summed E-state index contributed by atoms with van der Waals surface area (Å²) in [5, 5.41) is 0. The number of amides is 1. The van der Waals surface area contributed by atoms with Crippen LogP contribution in [0.3, 0.4) is 0 Å². The van der Waals surface area contributed by atoms with Crippen LogP contribution in [0.25, 0.3) is 6.08 Å². The highest BCUT2D eigenvalue weighted by Gasteiger charge is 2.07. The highest BCUT2D eigenvalue weighted by molar-refractivity contribution is 5.95. The van der Waals surface area contributed by atoms with Crippen molar-refractivity contribution < 1.29 is 14.3 Å². The van der Waals surface area contributed by atoms with Gasteiger partial charge in [0.15, 0.2) is 0 Å². The zero-order chi connectivity index (χ0) is 15.1. The largest absolute Gasteiger partial charge is 0.458 e. The normalized spacial score (nSPS) is 10.5. The lowest BCUT2D eigenvalue weighted by atomic mass is 10.1. The minimum atomic E-state index is -0.527. The van der Waals surface area contributed by atoms with E-state index in [1.54, 1.807) is 6.08 Å². The highest BCUT2D eigenvalue weighted by atomic mass is 16.5. The van der Waals surface area contributed by atoms with Crippen LogP contribution >= 0.6 is 0 Å². The van der Waals surface area contributed by atoms with Crippen molar-refractivity contribution in [3.63, 3.8) is 0 Å². The topological polar surface area (TPSA) is 69.4 Å². The van der Waals surface area contributed by atoms with Gasteiger partial charge in [-0.2, -0.15) is 0 Å². The molecule has 4 nitrogen and oxygen atoms in total. The van der Waals surface area contributed by atoms with E-state index in [0.717, 1.165) is 5.56 Å². The van der Waals surface area contributed by atoms with Gasteiger partial charge in [-0.3, -0.25) is 4.79 Å². The van der Waals surface area contributed by atoms with Crippen LogP contribution < -0.4 is 5.73 Å². The number of hydrogen-bond acceptors (Lipinski definition) is 3. The van der Waals surface area contributed by atoms with E-state index in [-0.39, 0.29) is 6.61 Å². The number of esters is 1. The summed E-state index contributed by atoms with van der Waals surface area (Å²) in [7, 11) is 0. The monoisotopic (exact) mass is 281 g/mol. The van der Waals surface area contributed by atoms with Crippen LogP contribution in [0.2, 0.25) is 0 Å². The van der Waals surface area contributed by atoms with Gasteiger partial charge in [-0.1, -0.05) is 36.4 Å². The van der Waals surface area contributed by atoms with Gasteiger partial charge in [0.25, 0.3) is 0 Å². The number of nitrogens with two attached hydrogens (primary N) is 1. The minimum absolute atomic E-state index is 0.186. The second-order valence-electron chi connectivity index (χ2n) is 4.35. The second kappa shape index (κ2) is 7.05. The van der Waals surface area contributed by atoms with Crippen molar-refractivity contribution >= 4 is 18.0 Å². The Balaban J connectivity index is 1.87. The van der Waals surface area contributed by atoms with Gasteiger partial charge in [-0.05, 0) is 35.9 Å². The number of benzene rings is 2. The van der Waals surface area contributed by atoms with E-state index in [1.165, 1.54) is 24.3 Å². The Labute approximate surface area is 122 Å². The third-order valence-electron chi connectivity index (χ3n) is 2.83. The summed E-state index contributed by atoms with van der Waals surface area (Å²) in [6.45, 7) is 0.186. The zero-order valence-corrected chi connectivity index (χ0v) is 11.4. The molecular weight excluding hydrogens is 266 g/mol. The third kappa shape index (κ3) is 4.31. The molecule has 2 aromatic rings. The lowest BCUT2D eigenvalue weighted by Gasteiger charge is -2.02. The molecule has 0 bridgehead atoms. The van der Waals surface area contributed by atoms with Crippen LogP contribution in [0.15, 0.2) is 60.7 Å². The predicted molar refractivity (Wildman–Crippen MR) is 80.7 cm³/mol. The SMILES string of the molecule is NC(=O)c1ccc(C(=O)OCC=Cc2ccccc2)cc1. The van der Waals surface area contributed by atoms with Gasteiger partial charge in [0, 0.05) is 5.56 Å². The van der Waals surface area contributed by atoms with Crippen LogP contribution in [-0.2, 0) is 4.74 Å². The standard InChI is InChI=1S/C17H15NO3/c18-16(19)14-8-10-15(11-9-14)17(20)21-12-4-7-13-5-2-1-3-6-13/h1-11H,12H2,(H2,18,19). The maximum atomic E-state index is 11.8. The minimum Gasteiger partial charge on any atom is -0.458 e. The number of carbonyl (C=O) groups is 2. The number of hydrogen-bond donors (Lipinski definition) is 1.